The van der Waals surface area contributed by atoms with Gasteiger partial charge in [-0.15, -0.1) is 0 Å². The van der Waals surface area contributed by atoms with E-state index < -0.39 is 0 Å². The van der Waals surface area contributed by atoms with Gasteiger partial charge in [-0.2, -0.15) is 0 Å². The molecule has 0 aromatic rings. The maximum absolute atomic E-state index is 8.25. The number of hydrogen-bond donors (Lipinski definition) is 0. The molecule has 1 nitrogen and oxygen atoms in total. The fraction of sp³-hybridized carbons (Fsp3) is 0. The van der Waals surface area contributed by atoms with Gasteiger partial charge in [-0.25, -0.2) is 0 Å². The number of rotatable bonds is 0. The molecule has 0 atom stereocenters. The van der Waals surface area contributed by atoms with Crippen LogP contribution in [0.3, 0.4) is 0 Å². The van der Waals surface area contributed by atoms with E-state index in [-0.39, 0.29) is 57.8 Å². The molecule has 0 spiro atoms. The van der Waals surface area contributed by atoms with E-state index in [9.17, 15) is 0 Å². The van der Waals surface area contributed by atoms with Gasteiger partial charge in [0.2, 0.25) is 0 Å². The molecule has 5 heavy (non-hydrogen) atoms. The first-order chi connectivity index (χ1) is 1.00. The monoisotopic (exact) mass is 308 g/mol. The summed E-state index contributed by atoms with van der Waals surface area (Å²) in [7, 11) is 0. The fourth-order valence-electron chi connectivity index (χ4n) is 0. The molecule has 0 aromatic heterocycles. The van der Waals surface area contributed by atoms with Gasteiger partial charge in [0.1, 0.15) is 0 Å². The Balaban J connectivity index is -0.00000000167. The average molecular weight is 307 g/mol. The minimum absolute atomic E-state index is 0. The van der Waals surface area contributed by atoms with Gasteiger partial charge in [-0.1, -0.05) is 0 Å². The van der Waals surface area contributed by atoms with Crippen LogP contribution in [0.5, 0.6) is 0 Å². The third kappa shape index (κ3) is 21.8. The molecule has 4 radical (unpaired) electrons. The first-order valence-electron chi connectivity index (χ1n) is 0.204. The van der Waals surface area contributed by atoms with Crippen molar-refractivity contribution < 1.29 is 57.6 Å². The van der Waals surface area contributed by atoms with E-state index in [4.69, 9.17) is 3.32 Å². The summed E-state index contributed by atoms with van der Waals surface area (Å²) in [5.41, 5.74) is 0. The molecule has 0 saturated carbocycles. The van der Waals surface area contributed by atoms with Crippen molar-refractivity contribution >= 4 is 23.9 Å². The summed E-state index contributed by atoms with van der Waals surface area (Å²) in [5, 5.41) is 0. The Morgan fingerprint density at radius 2 is 1.20 bits per heavy atom. The van der Waals surface area contributed by atoms with Crippen molar-refractivity contribution in [1.29, 1.82) is 0 Å². The topological polar surface area (TPSA) is 17.1 Å². The zero-order valence-corrected chi connectivity index (χ0v) is 9.83. The predicted octanol–water partition coefficient (Wildman–Crippen LogP) is -1.04. The predicted molar refractivity (Wildman–Crippen MR) is 9.23 cm³/mol. The van der Waals surface area contributed by atoms with Gasteiger partial charge in [0, 0.05) is 33.8 Å². The molecule has 0 amide bonds. The molecule has 0 saturated heterocycles. The molecule has 0 aliphatic heterocycles. The van der Waals surface area contributed by atoms with E-state index in [0.717, 1.165) is 20.4 Å². The van der Waals surface area contributed by atoms with Gasteiger partial charge >= 0.3 is 47.6 Å². The van der Waals surface area contributed by atoms with Crippen molar-refractivity contribution in [2.45, 2.75) is 0 Å². The zero-order chi connectivity index (χ0) is 2.00. The molecule has 0 fully saturated rings. The van der Waals surface area contributed by atoms with E-state index >= 15 is 0 Å². The van der Waals surface area contributed by atoms with Crippen LogP contribution in [0.2, 0.25) is 0 Å². The fourth-order valence-corrected chi connectivity index (χ4v) is 0. The Kier molecular flexibility index (Phi) is 175. The van der Waals surface area contributed by atoms with Crippen LogP contribution in [-0.4, -0.2) is 23.9 Å². The van der Waals surface area contributed by atoms with E-state index in [1.54, 1.807) is 0 Å². The Morgan fingerprint density at radius 1 is 1.20 bits per heavy atom. The van der Waals surface area contributed by atoms with Gasteiger partial charge in [-0.05, 0) is 0 Å². The molecule has 5 heteroatoms. The van der Waals surface area contributed by atoms with Crippen molar-refractivity contribution in [3.8, 4) is 0 Å². The second-order valence-corrected chi connectivity index (χ2v) is 0. The third-order valence-corrected chi connectivity index (χ3v) is 0. The average Bonchev–Trinajstić information content (AvgIpc) is 1.00. The summed E-state index contributed by atoms with van der Waals surface area (Å²) < 4.78 is 8.25. The van der Waals surface area contributed by atoms with Gasteiger partial charge in [0.05, 0.1) is 0 Å². The minimum atomic E-state index is 0. The molecule has 0 N–H and O–H groups in total. The third-order valence-electron chi connectivity index (χ3n) is 0. The van der Waals surface area contributed by atoms with Crippen LogP contribution in [0.4, 0.5) is 0 Å². The van der Waals surface area contributed by atoms with Crippen molar-refractivity contribution in [2.24, 2.45) is 0 Å². The van der Waals surface area contributed by atoms with E-state index in [1.807, 2.05) is 0 Å². The van der Waals surface area contributed by atoms with E-state index in [2.05, 4.69) is 0 Å². The quantitative estimate of drug-likeness (QED) is 0.523. The summed E-state index contributed by atoms with van der Waals surface area (Å²) in [6.07, 6.45) is 0. The Bertz CT molecular complexity index is 11.6. The molecular weight excluding hydrogens is 305 g/mol. The van der Waals surface area contributed by atoms with Crippen LogP contribution in [0.25, 0.3) is 0 Å². The van der Waals surface area contributed by atoms with E-state index in [1.165, 1.54) is 0 Å². The van der Waals surface area contributed by atoms with Gasteiger partial charge < -0.3 is 0 Å². The summed E-state index contributed by atoms with van der Waals surface area (Å²) in [6.45, 7) is 0. The molecule has 0 heterocycles. The van der Waals surface area contributed by atoms with Crippen LogP contribution < -0.4 is 0 Å². The van der Waals surface area contributed by atoms with Crippen LogP contribution >= 0.6 is 0 Å². The van der Waals surface area contributed by atoms with E-state index in [0.29, 0.717) is 0 Å². The first kappa shape index (κ1) is 26.5. The summed E-state index contributed by atoms with van der Waals surface area (Å²) >= 11 is 0.750. The second-order valence-electron chi connectivity index (χ2n) is 0. The molecule has 0 rings (SSSR count). The SMILES string of the molecule is [Co].[Cu].[O]=[Ti].[SnH2]. The zero-order valence-electron chi connectivity index (χ0n) is 2.25. The molecule has 0 aliphatic carbocycles. The molecule has 0 bridgehead atoms. The van der Waals surface area contributed by atoms with Crippen LogP contribution in [0, 0.1) is 0 Å². The van der Waals surface area contributed by atoms with Crippen LogP contribution in [0.1, 0.15) is 0 Å². The Labute approximate surface area is 80.4 Å². The van der Waals surface area contributed by atoms with Gasteiger partial charge in [-0.3, -0.25) is 0 Å². The Morgan fingerprint density at radius 3 is 1.20 bits per heavy atom. The molecular formula is H2CoCuOSnTi. The summed E-state index contributed by atoms with van der Waals surface area (Å²) in [4.78, 5) is 0. The van der Waals surface area contributed by atoms with Gasteiger partial charge in [0.25, 0.3) is 0 Å². The maximum atomic E-state index is 8.25. The van der Waals surface area contributed by atoms with Crippen LogP contribution in [-0.2, 0) is 57.6 Å². The standard InChI is InChI=1S/Co.Cu.O.Sn.Ti.2H. The Hall–Kier alpha value is 2.34. The molecule has 36 valence electrons. The normalized spacial score (nSPS) is 0.600. The van der Waals surface area contributed by atoms with Crippen molar-refractivity contribution in [3.05, 3.63) is 0 Å². The second kappa shape index (κ2) is 33.0. The van der Waals surface area contributed by atoms with Gasteiger partial charge in [0.15, 0.2) is 0 Å². The first-order valence-corrected chi connectivity index (χ1v) is 0.842. The summed E-state index contributed by atoms with van der Waals surface area (Å²) in [5.74, 6) is 0. The van der Waals surface area contributed by atoms with Crippen molar-refractivity contribution in [2.75, 3.05) is 0 Å². The van der Waals surface area contributed by atoms with Crippen molar-refractivity contribution in [1.82, 2.24) is 0 Å². The van der Waals surface area contributed by atoms with Crippen LogP contribution in [0.15, 0.2) is 0 Å². The van der Waals surface area contributed by atoms with Crippen molar-refractivity contribution in [3.63, 3.8) is 0 Å². The summed E-state index contributed by atoms with van der Waals surface area (Å²) in [6, 6.07) is 0. The molecule has 0 aromatic carbocycles. The molecule has 0 unspecified atom stereocenters. The molecule has 0 aliphatic rings. The number of hydrogen-bond acceptors (Lipinski definition) is 1.